The van der Waals surface area contributed by atoms with E-state index in [2.05, 4.69) is 4.74 Å². The maximum atomic E-state index is 11.9. The number of fused-ring (bicyclic) bond motifs is 1. The van der Waals surface area contributed by atoms with E-state index >= 15 is 0 Å². The van der Waals surface area contributed by atoms with E-state index in [-0.39, 0.29) is 0 Å². The van der Waals surface area contributed by atoms with E-state index in [1.54, 1.807) is 18.2 Å². The summed E-state index contributed by atoms with van der Waals surface area (Å²) in [4.78, 5) is 0. The summed E-state index contributed by atoms with van der Waals surface area (Å²) in [6.07, 6.45) is 2.16. The molecule has 74 valence electrons. The van der Waals surface area contributed by atoms with Gasteiger partial charge in [-0.3, -0.25) is 4.74 Å². The first-order chi connectivity index (χ1) is 6.75. The normalized spacial score (nSPS) is 19.2. The molecular weight excluding hydrogens is 190 g/mol. The van der Waals surface area contributed by atoms with E-state index in [9.17, 15) is 8.78 Å². The Morgan fingerprint density at radius 3 is 2.86 bits per heavy atom. The van der Waals surface area contributed by atoms with Gasteiger partial charge in [0.05, 0.1) is 0 Å². The first-order valence-corrected chi connectivity index (χ1v) is 4.13. The van der Waals surface area contributed by atoms with E-state index in [1.807, 2.05) is 12.1 Å². The average Bonchev–Trinajstić information content (AvgIpc) is 2.17. The number of hydrogen-bond acceptors (Lipinski definition) is 2. The molecule has 0 saturated carbocycles. The van der Waals surface area contributed by atoms with Gasteiger partial charge < -0.3 is 4.74 Å². The van der Waals surface area contributed by atoms with Gasteiger partial charge in [0, 0.05) is 5.56 Å². The number of halogens is 2. The summed E-state index contributed by atoms with van der Waals surface area (Å²) in [5.74, 6) is 0.556. The Kier molecular flexibility index (Phi) is 2.45. The maximum absolute atomic E-state index is 11.9. The van der Waals surface area contributed by atoms with Crippen molar-refractivity contribution in [1.82, 2.24) is 0 Å². The number of hydrogen-bond donors (Lipinski definition) is 0. The SMILES string of the molecule is FC(F)OC1C=Cc2ccccc2O1. The van der Waals surface area contributed by atoms with Gasteiger partial charge in [0.15, 0.2) is 0 Å². The quantitative estimate of drug-likeness (QED) is 0.727. The predicted molar refractivity (Wildman–Crippen MR) is 47.0 cm³/mol. The van der Waals surface area contributed by atoms with Crippen LogP contribution in [0.5, 0.6) is 5.75 Å². The second-order valence-electron chi connectivity index (χ2n) is 2.78. The van der Waals surface area contributed by atoms with Crippen molar-refractivity contribution in [2.45, 2.75) is 12.9 Å². The summed E-state index contributed by atoms with van der Waals surface area (Å²) in [6.45, 7) is -2.82. The molecular formula is C10H8F2O2. The van der Waals surface area contributed by atoms with E-state index in [1.165, 1.54) is 6.08 Å². The van der Waals surface area contributed by atoms with Crippen LogP contribution in [0, 0.1) is 0 Å². The van der Waals surface area contributed by atoms with Crippen molar-refractivity contribution in [3.05, 3.63) is 35.9 Å². The molecule has 1 aliphatic heterocycles. The Hall–Kier alpha value is -1.42. The van der Waals surface area contributed by atoms with Gasteiger partial charge in [0.2, 0.25) is 6.29 Å². The first-order valence-electron chi connectivity index (χ1n) is 4.13. The number of ether oxygens (including phenoxy) is 2. The van der Waals surface area contributed by atoms with Crippen LogP contribution in [0.4, 0.5) is 8.78 Å². The van der Waals surface area contributed by atoms with Gasteiger partial charge in [-0.15, -0.1) is 0 Å². The van der Waals surface area contributed by atoms with Gasteiger partial charge in [-0.2, -0.15) is 8.78 Å². The fraction of sp³-hybridized carbons (Fsp3) is 0.200. The van der Waals surface area contributed by atoms with Gasteiger partial charge in [-0.25, -0.2) is 0 Å². The topological polar surface area (TPSA) is 18.5 Å². The molecule has 1 atom stereocenters. The Morgan fingerprint density at radius 1 is 1.29 bits per heavy atom. The molecule has 1 aromatic carbocycles. The molecule has 0 fully saturated rings. The van der Waals surface area contributed by atoms with Crippen molar-refractivity contribution in [3.8, 4) is 5.75 Å². The predicted octanol–water partition coefficient (Wildman–Crippen LogP) is 2.66. The number of para-hydroxylation sites is 1. The third kappa shape index (κ3) is 1.90. The van der Waals surface area contributed by atoms with Crippen molar-refractivity contribution in [2.75, 3.05) is 0 Å². The maximum Gasteiger partial charge on any atom is 0.348 e. The second-order valence-corrected chi connectivity index (χ2v) is 2.78. The van der Waals surface area contributed by atoms with Gasteiger partial charge in [-0.05, 0) is 18.2 Å². The Bertz CT molecular complexity index is 350. The number of alkyl halides is 2. The average molecular weight is 198 g/mol. The van der Waals surface area contributed by atoms with Crippen LogP contribution in [-0.4, -0.2) is 12.9 Å². The summed E-state index contributed by atoms with van der Waals surface area (Å²) in [5.41, 5.74) is 0.863. The zero-order valence-corrected chi connectivity index (χ0v) is 7.19. The highest BCUT2D eigenvalue weighted by Crippen LogP contribution is 2.26. The summed E-state index contributed by atoms with van der Waals surface area (Å²) in [7, 11) is 0. The molecule has 0 bridgehead atoms. The van der Waals surface area contributed by atoms with Crippen LogP contribution in [0.2, 0.25) is 0 Å². The smallest absolute Gasteiger partial charge is 0.348 e. The van der Waals surface area contributed by atoms with Crippen LogP contribution in [0.25, 0.3) is 6.08 Å². The third-order valence-electron chi connectivity index (χ3n) is 1.83. The lowest BCUT2D eigenvalue weighted by Crippen LogP contribution is -2.22. The molecule has 2 nitrogen and oxygen atoms in total. The van der Waals surface area contributed by atoms with Crippen molar-refractivity contribution in [2.24, 2.45) is 0 Å². The lowest BCUT2D eigenvalue weighted by molar-refractivity contribution is -0.199. The molecule has 2 rings (SSSR count). The van der Waals surface area contributed by atoms with Crippen LogP contribution in [0.15, 0.2) is 30.3 Å². The molecule has 0 aromatic heterocycles. The van der Waals surface area contributed by atoms with E-state index in [0.717, 1.165) is 5.56 Å². The standard InChI is InChI=1S/C10H8F2O2/c11-10(12)14-9-6-5-7-3-1-2-4-8(7)13-9/h1-6,9-10H. The molecule has 1 aliphatic rings. The Labute approximate surface area is 79.8 Å². The van der Waals surface area contributed by atoms with Crippen LogP contribution >= 0.6 is 0 Å². The molecule has 0 amide bonds. The highest BCUT2D eigenvalue weighted by Gasteiger charge is 2.17. The summed E-state index contributed by atoms with van der Waals surface area (Å²) >= 11 is 0. The lowest BCUT2D eigenvalue weighted by Gasteiger charge is -2.20. The molecule has 0 radical (unpaired) electrons. The summed E-state index contributed by atoms with van der Waals surface area (Å²) in [6, 6.07) is 7.17. The van der Waals surface area contributed by atoms with Crippen molar-refractivity contribution >= 4 is 6.08 Å². The van der Waals surface area contributed by atoms with Gasteiger partial charge in [0.25, 0.3) is 0 Å². The number of rotatable bonds is 2. The molecule has 1 unspecified atom stereocenters. The molecule has 0 spiro atoms. The van der Waals surface area contributed by atoms with Gasteiger partial charge >= 0.3 is 6.61 Å². The van der Waals surface area contributed by atoms with Crippen LogP contribution < -0.4 is 4.74 Å². The lowest BCUT2D eigenvalue weighted by atomic mass is 10.1. The molecule has 1 aromatic rings. The fourth-order valence-corrected chi connectivity index (χ4v) is 1.25. The first kappa shape index (κ1) is 9.15. The van der Waals surface area contributed by atoms with E-state index < -0.39 is 12.9 Å². The van der Waals surface area contributed by atoms with Crippen LogP contribution in [0.1, 0.15) is 5.56 Å². The number of benzene rings is 1. The molecule has 14 heavy (non-hydrogen) atoms. The Morgan fingerprint density at radius 2 is 2.07 bits per heavy atom. The zero-order valence-electron chi connectivity index (χ0n) is 7.19. The van der Waals surface area contributed by atoms with E-state index in [0.29, 0.717) is 5.75 Å². The minimum absolute atomic E-state index is 0.556. The minimum atomic E-state index is -2.82. The molecule has 4 heteroatoms. The summed E-state index contributed by atoms with van der Waals surface area (Å²) < 4.78 is 33.1. The van der Waals surface area contributed by atoms with Crippen molar-refractivity contribution < 1.29 is 18.3 Å². The largest absolute Gasteiger partial charge is 0.460 e. The highest BCUT2D eigenvalue weighted by molar-refractivity contribution is 5.59. The molecule has 0 saturated heterocycles. The van der Waals surface area contributed by atoms with E-state index in [4.69, 9.17) is 4.74 Å². The minimum Gasteiger partial charge on any atom is -0.460 e. The van der Waals surface area contributed by atoms with Crippen LogP contribution in [-0.2, 0) is 4.74 Å². The van der Waals surface area contributed by atoms with Crippen molar-refractivity contribution in [3.63, 3.8) is 0 Å². The molecule has 0 N–H and O–H groups in total. The third-order valence-corrected chi connectivity index (χ3v) is 1.83. The second kappa shape index (κ2) is 3.75. The fourth-order valence-electron chi connectivity index (χ4n) is 1.25. The van der Waals surface area contributed by atoms with Crippen molar-refractivity contribution in [1.29, 1.82) is 0 Å². The van der Waals surface area contributed by atoms with Gasteiger partial charge in [0.1, 0.15) is 5.75 Å². The molecule has 1 heterocycles. The zero-order chi connectivity index (χ0) is 9.97. The monoisotopic (exact) mass is 198 g/mol. The Balaban J connectivity index is 2.13. The highest BCUT2D eigenvalue weighted by atomic mass is 19.3. The summed E-state index contributed by atoms with van der Waals surface area (Å²) in [5, 5.41) is 0. The van der Waals surface area contributed by atoms with Crippen LogP contribution in [0.3, 0.4) is 0 Å². The van der Waals surface area contributed by atoms with Gasteiger partial charge in [-0.1, -0.05) is 18.2 Å². The molecule has 0 aliphatic carbocycles.